The Bertz CT molecular complexity index is 458. The zero-order valence-electron chi connectivity index (χ0n) is 10.5. The largest absolute Gasteiger partial charge is 0.387 e. The Labute approximate surface area is 108 Å². The molecule has 1 N–H and O–H groups in total. The first-order chi connectivity index (χ1) is 8.75. The third-order valence-electron chi connectivity index (χ3n) is 2.87. The van der Waals surface area contributed by atoms with Crippen LogP contribution in [0.4, 0.5) is 0 Å². The van der Waals surface area contributed by atoms with Crippen molar-refractivity contribution in [3.05, 3.63) is 66.0 Å². The van der Waals surface area contributed by atoms with E-state index in [0.29, 0.717) is 6.54 Å². The van der Waals surface area contributed by atoms with Crippen molar-refractivity contribution in [2.24, 2.45) is 0 Å². The number of aromatic nitrogens is 1. The molecule has 1 aromatic carbocycles. The van der Waals surface area contributed by atoms with Gasteiger partial charge in [0.25, 0.3) is 0 Å². The van der Waals surface area contributed by atoms with E-state index in [-0.39, 0.29) is 0 Å². The van der Waals surface area contributed by atoms with Gasteiger partial charge in [-0.15, -0.1) is 0 Å². The molecular weight excluding hydrogens is 224 g/mol. The van der Waals surface area contributed by atoms with Crippen LogP contribution in [-0.2, 0) is 6.54 Å². The minimum absolute atomic E-state index is 0.471. The van der Waals surface area contributed by atoms with Crippen molar-refractivity contribution in [3.8, 4) is 0 Å². The fraction of sp³-hybridized carbons (Fsp3) is 0.267. The molecule has 94 valence electrons. The van der Waals surface area contributed by atoms with Crippen LogP contribution in [0.15, 0.2) is 54.9 Å². The topological polar surface area (TPSA) is 36.4 Å². The van der Waals surface area contributed by atoms with E-state index in [9.17, 15) is 5.11 Å². The molecule has 2 rings (SSSR count). The first-order valence-corrected chi connectivity index (χ1v) is 6.06. The lowest BCUT2D eigenvalue weighted by molar-refractivity contribution is 0.124. The Morgan fingerprint density at radius 3 is 2.44 bits per heavy atom. The van der Waals surface area contributed by atoms with E-state index in [1.807, 2.05) is 37.4 Å². The van der Waals surface area contributed by atoms with Crippen LogP contribution >= 0.6 is 0 Å². The summed E-state index contributed by atoms with van der Waals surface area (Å²) in [4.78, 5) is 6.06. The second-order valence-corrected chi connectivity index (χ2v) is 4.48. The van der Waals surface area contributed by atoms with Gasteiger partial charge in [-0.25, -0.2) is 0 Å². The second-order valence-electron chi connectivity index (χ2n) is 4.48. The van der Waals surface area contributed by atoms with E-state index in [0.717, 1.165) is 12.1 Å². The minimum atomic E-state index is -0.471. The molecule has 0 amide bonds. The summed E-state index contributed by atoms with van der Waals surface area (Å²) in [7, 11) is 2.01. The standard InChI is InChI=1S/C15H18N2O/c1-17(11-13-5-3-2-4-6-13)12-15(18)14-7-9-16-10-8-14/h2-10,15,18H,11-12H2,1H3. The third-order valence-corrected chi connectivity index (χ3v) is 2.87. The van der Waals surface area contributed by atoms with Crippen LogP contribution in [0.3, 0.4) is 0 Å². The number of aliphatic hydroxyl groups excluding tert-OH is 1. The van der Waals surface area contributed by atoms with Gasteiger partial charge in [0.05, 0.1) is 6.10 Å². The van der Waals surface area contributed by atoms with Crippen molar-refractivity contribution >= 4 is 0 Å². The molecule has 1 atom stereocenters. The highest BCUT2D eigenvalue weighted by atomic mass is 16.3. The van der Waals surface area contributed by atoms with Gasteiger partial charge in [-0.1, -0.05) is 30.3 Å². The minimum Gasteiger partial charge on any atom is -0.387 e. The maximum Gasteiger partial charge on any atom is 0.0918 e. The predicted molar refractivity (Wildman–Crippen MR) is 72.0 cm³/mol. The van der Waals surface area contributed by atoms with E-state index >= 15 is 0 Å². The summed E-state index contributed by atoms with van der Waals surface area (Å²) in [6.45, 7) is 1.45. The summed E-state index contributed by atoms with van der Waals surface area (Å²) in [5.74, 6) is 0. The van der Waals surface area contributed by atoms with Crippen molar-refractivity contribution in [1.82, 2.24) is 9.88 Å². The van der Waals surface area contributed by atoms with Crippen LogP contribution in [0.1, 0.15) is 17.2 Å². The molecule has 0 fully saturated rings. The van der Waals surface area contributed by atoms with Gasteiger partial charge in [0.2, 0.25) is 0 Å². The van der Waals surface area contributed by atoms with Gasteiger partial charge in [-0.05, 0) is 30.3 Å². The summed E-state index contributed by atoms with van der Waals surface area (Å²) in [5, 5.41) is 10.1. The normalized spacial score (nSPS) is 12.6. The third kappa shape index (κ3) is 3.65. The van der Waals surface area contributed by atoms with E-state index in [1.165, 1.54) is 5.56 Å². The molecule has 1 aromatic heterocycles. The molecule has 0 saturated heterocycles. The number of rotatable bonds is 5. The first kappa shape index (κ1) is 12.7. The molecule has 0 aliphatic heterocycles. The average molecular weight is 242 g/mol. The quantitative estimate of drug-likeness (QED) is 0.873. The molecule has 0 saturated carbocycles. The molecule has 3 heteroatoms. The zero-order valence-corrected chi connectivity index (χ0v) is 10.5. The highest BCUT2D eigenvalue weighted by Gasteiger charge is 2.10. The number of likely N-dealkylation sites (N-methyl/N-ethyl adjacent to an activating group) is 1. The Morgan fingerprint density at radius 2 is 1.78 bits per heavy atom. The number of nitrogens with zero attached hydrogens (tertiary/aromatic N) is 2. The van der Waals surface area contributed by atoms with E-state index in [2.05, 4.69) is 22.0 Å². The van der Waals surface area contributed by atoms with Gasteiger partial charge in [-0.3, -0.25) is 9.88 Å². The van der Waals surface area contributed by atoms with Crippen LogP contribution in [0.2, 0.25) is 0 Å². The molecule has 1 unspecified atom stereocenters. The summed E-state index contributed by atoms with van der Waals surface area (Å²) >= 11 is 0. The van der Waals surface area contributed by atoms with Crippen LogP contribution < -0.4 is 0 Å². The molecule has 0 aliphatic rings. The zero-order chi connectivity index (χ0) is 12.8. The van der Waals surface area contributed by atoms with Crippen molar-refractivity contribution < 1.29 is 5.11 Å². The summed E-state index contributed by atoms with van der Waals surface area (Å²) < 4.78 is 0. The van der Waals surface area contributed by atoms with Crippen molar-refractivity contribution in [2.45, 2.75) is 12.6 Å². The first-order valence-electron chi connectivity index (χ1n) is 6.06. The van der Waals surface area contributed by atoms with Gasteiger partial charge in [0, 0.05) is 25.5 Å². The molecule has 2 aromatic rings. The molecule has 18 heavy (non-hydrogen) atoms. The van der Waals surface area contributed by atoms with E-state index in [1.54, 1.807) is 12.4 Å². The van der Waals surface area contributed by atoms with E-state index < -0.39 is 6.10 Å². The average Bonchev–Trinajstić information content (AvgIpc) is 2.40. The number of pyridine rings is 1. The SMILES string of the molecule is CN(Cc1ccccc1)CC(O)c1ccncc1. The lowest BCUT2D eigenvalue weighted by atomic mass is 10.1. The number of hydrogen-bond acceptors (Lipinski definition) is 3. The molecule has 0 radical (unpaired) electrons. The van der Waals surface area contributed by atoms with Crippen LogP contribution in [-0.4, -0.2) is 28.6 Å². The van der Waals surface area contributed by atoms with Gasteiger partial charge in [-0.2, -0.15) is 0 Å². The fourth-order valence-corrected chi connectivity index (χ4v) is 1.95. The summed E-state index contributed by atoms with van der Waals surface area (Å²) in [5.41, 5.74) is 2.16. The molecule has 0 bridgehead atoms. The molecule has 3 nitrogen and oxygen atoms in total. The van der Waals surface area contributed by atoms with Crippen molar-refractivity contribution in [2.75, 3.05) is 13.6 Å². The number of benzene rings is 1. The van der Waals surface area contributed by atoms with Crippen LogP contribution in [0.5, 0.6) is 0 Å². The van der Waals surface area contributed by atoms with Crippen molar-refractivity contribution in [1.29, 1.82) is 0 Å². The van der Waals surface area contributed by atoms with Crippen molar-refractivity contribution in [3.63, 3.8) is 0 Å². The monoisotopic (exact) mass is 242 g/mol. The molecule has 1 heterocycles. The Hall–Kier alpha value is -1.71. The Morgan fingerprint density at radius 1 is 1.11 bits per heavy atom. The van der Waals surface area contributed by atoms with Gasteiger partial charge < -0.3 is 5.11 Å². The van der Waals surface area contributed by atoms with E-state index in [4.69, 9.17) is 0 Å². The number of hydrogen-bond donors (Lipinski definition) is 1. The molecular formula is C15H18N2O. The Balaban J connectivity index is 1.90. The highest BCUT2D eigenvalue weighted by Crippen LogP contribution is 2.13. The second kappa shape index (κ2) is 6.28. The van der Waals surface area contributed by atoms with Gasteiger partial charge >= 0.3 is 0 Å². The maximum absolute atomic E-state index is 10.1. The maximum atomic E-state index is 10.1. The number of aliphatic hydroxyl groups is 1. The predicted octanol–water partition coefficient (Wildman–Crippen LogP) is 2.25. The lowest BCUT2D eigenvalue weighted by Crippen LogP contribution is -2.24. The lowest BCUT2D eigenvalue weighted by Gasteiger charge is -2.20. The van der Waals surface area contributed by atoms with Crippen LogP contribution in [0, 0.1) is 0 Å². The van der Waals surface area contributed by atoms with Gasteiger partial charge in [0.15, 0.2) is 0 Å². The fourth-order valence-electron chi connectivity index (χ4n) is 1.95. The van der Waals surface area contributed by atoms with Crippen LogP contribution in [0.25, 0.3) is 0 Å². The summed E-state index contributed by atoms with van der Waals surface area (Å²) in [6, 6.07) is 14.0. The Kier molecular flexibility index (Phi) is 4.45. The van der Waals surface area contributed by atoms with Gasteiger partial charge in [0.1, 0.15) is 0 Å². The molecule has 0 spiro atoms. The highest BCUT2D eigenvalue weighted by molar-refractivity contribution is 5.15. The smallest absolute Gasteiger partial charge is 0.0918 e. The summed E-state index contributed by atoms with van der Waals surface area (Å²) in [6.07, 6.45) is 2.94. The molecule has 0 aliphatic carbocycles.